The molecular weight excluding hydrogens is 302 g/mol. The molecule has 0 fully saturated rings. The number of halogens is 2. The highest BCUT2D eigenvalue weighted by Gasteiger charge is 2.19. The Labute approximate surface area is 120 Å². The van der Waals surface area contributed by atoms with Crippen LogP contribution >= 0.6 is 0 Å². The van der Waals surface area contributed by atoms with Crippen LogP contribution in [0.5, 0.6) is 5.75 Å². The number of hydrogen-bond acceptors (Lipinski definition) is 5. The molecule has 0 aliphatic heterocycles. The number of benzene rings is 1. The number of ether oxygens (including phenoxy) is 1. The number of aryl methyl sites for hydroxylation is 1. The van der Waals surface area contributed by atoms with Crippen molar-refractivity contribution in [3.63, 3.8) is 0 Å². The Kier molecular flexibility index (Phi) is 4.46. The van der Waals surface area contributed by atoms with Crippen LogP contribution in [0.25, 0.3) is 0 Å². The lowest BCUT2D eigenvalue weighted by molar-refractivity contribution is -0.0498. The zero-order valence-electron chi connectivity index (χ0n) is 11.0. The van der Waals surface area contributed by atoms with Gasteiger partial charge in [0.25, 0.3) is 0 Å². The molecule has 2 rings (SSSR count). The summed E-state index contributed by atoms with van der Waals surface area (Å²) < 4.78 is 52.8. The first-order valence-corrected chi connectivity index (χ1v) is 7.57. The van der Waals surface area contributed by atoms with Gasteiger partial charge in [-0.2, -0.15) is 8.78 Å². The highest BCUT2D eigenvalue weighted by atomic mass is 32.2. The Bertz CT molecular complexity index is 718. The SMILES string of the molecule is Cc1cnc(S(=O)(=O)Cc2cccc(OC(F)F)c2)nc1. The fourth-order valence-electron chi connectivity index (χ4n) is 1.64. The molecule has 1 heterocycles. The van der Waals surface area contributed by atoms with Crippen molar-refractivity contribution in [2.75, 3.05) is 0 Å². The van der Waals surface area contributed by atoms with Gasteiger partial charge in [-0.3, -0.25) is 0 Å². The topological polar surface area (TPSA) is 69.2 Å². The van der Waals surface area contributed by atoms with Gasteiger partial charge in [0.15, 0.2) is 0 Å². The summed E-state index contributed by atoms with van der Waals surface area (Å²) in [6.07, 6.45) is 2.80. The van der Waals surface area contributed by atoms with Crippen LogP contribution in [0.3, 0.4) is 0 Å². The number of aromatic nitrogens is 2. The first-order chi connectivity index (χ1) is 9.87. The maximum absolute atomic E-state index is 12.1. The average Bonchev–Trinajstić information content (AvgIpc) is 2.38. The first-order valence-electron chi connectivity index (χ1n) is 5.92. The summed E-state index contributed by atoms with van der Waals surface area (Å²) in [5.41, 5.74) is 1.05. The monoisotopic (exact) mass is 314 g/mol. The van der Waals surface area contributed by atoms with Crippen LogP contribution in [0.2, 0.25) is 0 Å². The van der Waals surface area contributed by atoms with Crippen LogP contribution in [-0.4, -0.2) is 25.0 Å². The van der Waals surface area contributed by atoms with Gasteiger partial charge in [0.05, 0.1) is 5.75 Å². The largest absolute Gasteiger partial charge is 0.435 e. The molecular formula is C13H12F2N2O3S. The predicted molar refractivity (Wildman–Crippen MR) is 70.7 cm³/mol. The van der Waals surface area contributed by atoms with Crippen molar-refractivity contribution >= 4 is 9.84 Å². The molecule has 0 saturated heterocycles. The molecule has 0 aliphatic carbocycles. The average molecular weight is 314 g/mol. The van der Waals surface area contributed by atoms with E-state index in [0.717, 1.165) is 5.56 Å². The quantitative estimate of drug-likeness (QED) is 0.792. The minimum Gasteiger partial charge on any atom is -0.435 e. The third-order valence-electron chi connectivity index (χ3n) is 2.52. The number of hydrogen-bond donors (Lipinski definition) is 0. The van der Waals surface area contributed by atoms with Crippen LogP contribution in [0.15, 0.2) is 41.8 Å². The van der Waals surface area contributed by atoms with Gasteiger partial charge in [-0.25, -0.2) is 18.4 Å². The number of sulfone groups is 1. The fourth-order valence-corrected chi connectivity index (χ4v) is 2.81. The third-order valence-corrected chi connectivity index (χ3v) is 4.00. The van der Waals surface area contributed by atoms with Gasteiger partial charge < -0.3 is 4.74 Å². The Balaban J connectivity index is 2.22. The molecule has 0 N–H and O–H groups in total. The zero-order chi connectivity index (χ0) is 15.5. The third kappa shape index (κ3) is 4.19. The van der Waals surface area contributed by atoms with E-state index in [9.17, 15) is 17.2 Å². The van der Waals surface area contributed by atoms with E-state index < -0.39 is 22.2 Å². The van der Waals surface area contributed by atoms with Crippen LogP contribution in [0.4, 0.5) is 8.78 Å². The molecule has 112 valence electrons. The van der Waals surface area contributed by atoms with Crippen molar-refractivity contribution in [3.05, 3.63) is 47.8 Å². The summed E-state index contributed by atoms with van der Waals surface area (Å²) in [5, 5.41) is -0.298. The number of alkyl halides is 2. The lowest BCUT2D eigenvalue weighted by atomic mass is 10.2. The van der Waals surface area contributed by atoms with E-state index in [4.69, 9.17) is 0 Å². The van der Waals surface area contributed by atoms with E-state index in [1.807, 2.05) is 0 Å². The molecule has 1 aromatic heterocycles. The van der Waals surface area contributed by atoms with Crippen LogP contribution in [0, 0.1) is 6.92 Å². The van der Waals surface area contributed by atoms with Gasteiger partial charge in [-0.05, 0) is 30.2 Å². The Hall–Kier alpha value is -2.09. The van der Waals surface area contributed by atoms with Crippen molar-refractivity contribution in [2.45, 2.75) is 24.4 Å². The maximum atomic E-state index is 12.1. The van der Waals surface area contributed by atoms with Crippen LogP contribution in [0.1, 0.15) is 11.1 Å². The Morgan fingerprint density at radius 3 is 2.52 bits per heavy atom. The van der Waals surface area contributed by atoms with Crippen molar-refractivity contribution in [3.8, 4) is 5.75 Å². The van der Waals surface area contributed by atoms with Gasteiger partial charge in [0.2, 0.25) is 15.0 Å². The van der Waals surface area contributed by atoms with E-state index in [-0.39, 0.29) is 10.9 Å². The minimum atomic E-state index is -3.74. The van der Waals surface area contributed by atoms with Crippen molar-refractivity contribution in [1.29, 1.82) is 0 Å². The Morgan fingerprint density at radius 1 is 1.24 bits per heavy atom. The first kappa shape index (κ1) is 15.3. The second-order valence-corrected chi connectivity index (χ2v) is 6.21. The van der Waals surface area contributed by atoms with Crippen molar-refractivity contribution in [1.82, 2.24) is 9.97 Å². The summed E-state index contributed by atoms with van der Waals surface area (Å²) in [7, 11) is -3.74. The minimum absolute atomic E-state index is 0.0949. The van der Waals surface area contributed by atoms with Gasteiger partial charge in [-0.1, -0.05) is 12.1 Å². The predicted octanol–water partition coefficient (Wildman–Crippen LogP) is 2.36. The van der Waals surface area contributed by atoms with Gasteiger partial charge in [0, 0.05) is 12.4 Å². The number of nitrogens with zero attached hydrogens (tertiary/aromatic N) is 2. The lowest BCUT2D eigenvalue weighted by Crippen LogP contribution is -2.10. The van der Waals surface area contributed by atoms with E-state index in [0.29, 0.717) is 5.56 Å². The van der Waals surface area contributed by atoms with Gasteiger partial charge in [-0.15, -0.1) is 0 Å². The summed E-state index contributed by atoms with van der Waals surface area (Å²) in [4.78, 5) is 7.53. The van der Waals surface area contributed by atoms with E-state index >= 15 is 0 Å². The normalized spacial score (nSPS) is 11.6. The fraction of sp³-hybridized carbons (Fsp3) is 0.231. The molecule has 0 saturated carbocycles. The maximum Gasteiger partial charge on any atom is 0.387 e. The molecule has 1 aromatic carbocycles. The molecule has 0 amide bonds. The molecule has 0 spiro atoms. The molecule has 2 aromatic rings. The standard InChI is InChI=1S/C13H12F2N2O3S/c1-9-6-16-13(17-7-9)21(18,19)8-10-3-2-4-11(5-10)20-12(14)15/h2-7,12H,8H2,1H3. The molecule has 0 bridgehead atoms. The summed E-state index contributed by atoms with van der Waals surface area (Å²) in [6, 6.07) is 5.52. The second-order valence-electron chi connectivity index (χ2n) is 4.33. The molecule has 5 nitrogen and oxygen atoms in total. The molecule has 0 atom stereocenters. The summed E-state index contributed by atoms with van der Waals surface area (Å²) >= 11 is 0. The highest BCUT2D eigenvalue weighted by Crippen LogP contribution is 2.19. The summed E-state index contributed by atoms with van der Waals surface area (Å²) in [5.74, 6) is -0.487. The summed E-state index contributed by atoms with van der Waals surface area (Å²) in [6.45, 7) is -1.22. The van der Waals surface area contributed by atoms with Crippen LogP contribution < -0.4 is 4.74 Å². The van der Waals surface area contributed by atoms with Crippen molar-refractivity contribution < 1.29 is 21.9 Å². The van der Waals surface area contributed by atoms with Crippen molar-refractivity contribution in [2.24, 2.45) is 0 Å². The van der Waals surface area contributed by atoms with Gasteiger partial charge in [0.1, 0.15) is 5.75 Å². The zero-order valence-corrected chi connectivity index (χ0v) is 11.8. The van der Waals surface area contributed by atoms with Crippen LogP contribution in [-0.2, 0) is 15.6 Å². The molecule has 0 unspecified atom stereocenters. The van der Waals surface area contributed by atoms with E-state index in [1.54, 1.807) is 6.92 Å². The number of rotatable bonds is 5. The lowest BCUT2D eigenvalue weighted by Gasteiger charge is -2.07. The van der Waals surface area contributed by atoms with E-state index in [2.05, 4.69) is 14.7 Å². The molecule has 0 aliphatic rings. The second kappa shape index (κ2) is 6.13. The molecule has 8 heteroatoms. The molecule has 0 radical (unpaired) electrons. The molecule has 21 heavy (non-hydrogen) atoms. The smallest absolute Gasteiger partial charge is 0.387 e. The highest BCUT2D eigenvalue weighted by molar-refractivity contribution is 7.90. The van der Waals surface area contributed by atoms with E-state index in [1.165, 1.54) is 36.7 Å². The van der Waals surface area contributed by atoms with Gasteiger partial charge >= 0.3 is 6.61 Å². The Morgan fingerprint density at radius 2 is 1.90 bits per heavy atom.